The number of hydrogen-bond donors (Lipinski definition) is 1. The van der Waals surface area contributed by atoms with Gasteiger partial charge in [0.15, 0.2) is 39.8 Å². The highest BCUT2D eigenvalue weighted by molar-refractivity contribution is 6.74. The van der Waals surface area contributed by atoms with E-state index in [1.807, 2.05) is 18.4 Å². The molecule has 216 valence electrons. The number of aromatic nitrogens is 5. The first-order valence-corrected chi connectivity index (χ1v) is 19.7. The van der Waals surface area contributed by atoms with Crippen molar-refractivity contribution in [2.24, 2.45) is 0 Å². The highest BCUT2D eigenvalue weighted by atomic mass is 28.4. The van der Waals surface area contributed by atoms with Gasteiger partial charge in [0.25, 0.3) is 0 Å². The monoisotopic (exact) mass is 573 g/mol. The number of ether oxygens (including phenoxy) is 1. The van der Waals surface area contributed by atoms with Gasteiger partial charge in [-0.2, -0.15) is 0 Å². The Morgan fingerprint density at radius 2 is 1.51 bits per heavy atom. The number of hydrogen-bond acceptors (Lipinski definition) is 7. The molecule has 9 nitrogen and oxygen atoms in total. The summed E-state index contributed by atoms with van der Waals surface area (Å²) >= 11 is 0. The molecule has 1 aliphatic heterocycles. The van der Waals surface area contributed by atoms with Crippen LogP contribution in [0.4, 0.5) is 0 Å². The van der Waals surface area contributed by atoms with E-state index in [1.54, 1.807) is 12.7 Å². The summed E-state index contributed by atoms with van der Waals surface area (Å²) in [7, 11) is -4.31. The van der Waals surface area contributed by atoms with Crippen LogP contribution in [0.5, 0.6) is 0 Å². The number of nitrogens with zero attached hydrogens (tertiary/aromatic N) is 5. The standard InChI is InChI=1S/C28H47N5O4Si2/c1-18-13-14-19(2)33(18)25-21-24(29-16-30-25)32(17-31-21)26-23(37-39(11,12)28(6,7)8)22(34)20(36-26)15-35-38(9,10)27(3,4)5/h13-14,16-17,20,22-23,26,34H,15H2,1-12H3/t20-,22-,23-,26-/m1/s1. The fourth-order valence-electron chi connectivity index (χ4n) is 4.42. The SMILES string of the molecule is Cc1ccc(C)n1-c1ncnc2c1ncn2[C@@H]1O[C@H](CO[Si](C)(C)C(C)(C)C)[C@@H](O)[C@H]1O[Si](C)(C)C(C)(C)C. The average Bonchev–Trinajstić information content (AvgIpc) is 3.47. The minimum atomic E-state index is -2.26. The Bertz CT molecular complexity index is 1300. The molecule has 0 radical (unpaired) electrons. The minimum Gasteiger partial charge on any atom is -0.414 e. The Morgan fingerprint density at radius 1 is 0.923 bits per heavy atom. The maximum Gasteiger partial charge on any atom is 0.192 e. The maximum atomic E-state index is 11.6. The summed E-state index contributed by atoms with van der Waals surface area (Å²) in [5.74, 6) is 0.719. The van der Waals surface area contributed by atoms with E-state index >= 15 is 0 Å². The molecule has 0 bridgehead atoms. The van der Waals surface area contributed by atoms with Gasteiger partial charge in [0, 0.05) is 11.4 Å². The van der Waals surface area contributed by atoms with Gasteiger partial charge in [-0.15, -0.1) is 0 Å². The fraction of sp³-hybridized carbons (Fsp3) is 0.679. The Hall–Kier alpha value is -1.90. The van der Waals surface area contributed by atoms with Crippen LogP contribution in [0.25, 0.3) is 17.0 Å². The van der Waals surface area contributed by atoms with Gasteiger partial charge >= 0.3 is 0 Å². The molecular weight excluding hydrogens is 527 g/mol. The van der Waals surface area contributed by atoms with Crippen LogP contribution in [0.1, 0.15) is 59.2 Å². The molecule has 1 fully saturated rings. The van der Waals surface area contributed by atoms with Gasteiger partial charge in [0.05, 0.1) is 12.9 Å². The van der Waals surface area contributed by atoms with Crippen molar-refractivity contribution in [2.75, 3.05) is 6.61 Å². The zero-order valence-corrected chi connectivity index (χ0v) is 27.7. The molecule has 0 aliphatic carbocycles. The third-order valence-corrected chi connectivity index (χ3v) is 18.0. The van der Waals surface area contributed by atoms with E-state index in [-0.39, 0.29) is 10.1 Å². The van der Waals surface area contributed by atoms with E-state index in [0.717, 1.165) is 17.2 Å². The highest BCUT2D eigenvalue weighted by Gasteiger charge is 2.51. The Kier molecular flexibility index (Phi) is 7.85. The van der Waals surface area contributed by atoms with Crippen LogP contribution in [-0.2, 0) is 13.6 Å². The molecule has 39 heavy (non-hydrogen) atoms. The van der Waals surface area contributed by atoms with Crippen LogP contribution in [-0.4, -0.2) is 70.7 Å². The Labute approximate surface area is 235 Å². The lowest BCUT2D eigenvalue weighted by Gasteiger charge is -2.40. The summed E-state index contributed by atoms with van der Waals surface area (Å²) < 4.78 is 23.9. The number of fused-ring (bicyclic) bond motifs is 1. The van der Waals surface area contributed by atoms with Gasteiger partial charge in [-0.05, 0) is 62.2 Å². The molecule has 0 unspecified atom stereocenters. The topological polar surface area (TPSA) is 96.5 Å². The van der Waals surface area contributed by atoms with Crippen molar-refractivity contribution in [3.05, 3.63) is 36.2 Å². The normalized spacial score (nSPS) is 23.2. The summed E-state index contributed by atoms with van der Waals surface area (Å²) in [4.78, 5) is 13.9. The van der Waals surface area contributed by atoms with Crippen molar-refractivity contribution in [1.82, 2.24) is 24.1 Å². The first kappa shape index (κ1) is 30.1. The van der Waals surface area contributed by atoms with Crippen molar-refractivity contribution >= 4 is 27.8 Å². The zero-order chi connectivity index (χ0) is 29.1. The number of aryl methyl sites for hydroxylation is 2. The van der Waals surface area contributed by atoms with E-state index in [2.05, 4.69) is 94.4 Å². The summed E-state index contributed by atoms with van der Waals surface area (Å²) in [6, 6.07) is 4.12. The third-order valence-electron chi connectivity index (χ3n) is 9.06. The van der Waals surface area contributed by atoms with Crippen molar-refractivity contribution in [1.29, 1.82) is 0 Å². The van der Waals surface area contributed by atoms with E-state index in [4.69, 9.17) is 18.6 Å². The van der Waals surface area contributed by atoms with Gasteiger partial charge in [0.1, 0.15) is 24.6 Å². The number of aliphatic hydroxyl groups excluding tert-OH is 1. The van der Waals surface area contributed by atoms with Gasteiger partial charge < -0.3 is 23.3 Å². The molecule has 3 aromatic heterocycles. The molecule has 0 aromatic carbocycles. The second-order valence-electron chi connectivity index (χ2n) is 13.9. The zero-order valence-electron chi connectivity index (χ0n) is 25.7. The average molecular weight is 574 g/mol. The Morgan fingerprint density at radius 3 is 2.08 bits per heavy atom. The lowest BCUT2D eigenvalue weighted by molar-refractivity contribution is -0.0476. The molecule has 4 heterocycles. The van der Waals surface area contributed by atoms with E-state index < -0.39 is 41.2 Å². The molecule has 4 atom stereocenters. The van der Waals surface area contributed by atoms with Crippen LogP contribution < -0.4 is 0 Å². The van der Waals surface area contributed by atoms with Crippen LogP contribution in [0.3, 0.4) is 0 Å². The number of imidazole rings is 1. The van der Waals surface area contributed by atoms with Gasteiger partial charge in [-0.3, -0.25) is 4.57 Å². The second-order valence-corrected chi connectivity index (χ2v) is 23.5. The van der Waals surface area contributed by atoms with Crippen LogP contribution in [0.2, 0.25) is 36.3 Å². The van der Waals surface area contributed by atoms with Crippen molar-refractivity contribution < 1.29 is 18.7 Å². The Balaban J connectivity index is 1.74. The lowest BCUT2D eigenvalue weighted by Crippen LogP contribution is -2.49. The van der Waals surface area contributed by atoms with Crippen LogP contribution in [0.15, 0.2) is 24.8 Å². The molecule has 1 N–H and O–H groups in total. The van der Waals surface area contributed by atoms with Crippen LogP contribution >= 0.6 is 0 Å². The molecule has 1 aliphatic rings. The smallest absolute Gasteiger partial charge is 0.192 e. The van der Waals surface area contributed by atoms with Gasteiger partial charge in [0.2, 0.25) is 0 Å². The molecule has 0 spiro atoms. The second kappa shape index (κ2) is 10.2. The largest absolute Gasteiger partial charge is 0.414 e. The number of aliphatic hydroxyl groups is 1. The molecule has 4 rings (SSSR count). The molecule has 0 saturated carbocycles. The van der Waals surface area contributed by atoms with Gasteiger partial charge in [-0.1, -0.05) is 41.5 Å². The van der Waals surface area contributed by atoms with Crippen molar-refractivity contribution in [3.8, 4) is 5.82 Å². The third kappa shape index (κ3) is 5.53. The first-order valence-electron chi connectivity index (χ1n) is 13.8. The fourth-order valence-corrected chi connectivity index (χ4v) is 6.73. The van der Waals surface area contributed by atoms with Gasteiger partial charge in [-0.25, -0.2) is 15.0 Å². The highest BCUT2D eigenvalue weighted by Crippen LogP contribution is 2.43. The molecule has 3 aromatic rings. The number of rotatable bonds is 7. The first-order chi connectivity index (χ1) is 17.9. The predicted molar refractivity (Wildman–Crippen MR) is 159 cm³/mol. The van der Waals surface area contributed by atoms with Crippen molar-refractivity contribution in [2.45, 2.75) is 116 Å². The summed E-state index contributed by atoms with van der Waals surface area (Å²) in [6.07, 6.45) is 0.690. The summed E-state index contributed by atoms with van der Waals surface area (Å²) in [5.41, 5.74) is 3.44. The maximum absolute atomic E-state index is 11.6. The van der Waals surface area contributed by atoms with Crippen molar-refractivity contribution in [3.63, 3.8) is 0 Å². The lowest BCUT2D eigenvalue weighted by atomic mass is 10.1. The molecule has 11 heteroatoms. The summed E-state index contributed by atoms with van der Waals surface area (Å²) in [5, 5.41) is 11.6. The molecule has 0 amide bonds. The quantitative estimate of drug-likeness (QED) is 0.351. The summed E-state index contributed by atoms with van der Waals surface area (Å²) in [6.45, 7) is 26.4. The molecule has 1 saturated heterocycles. The van der Waals surface area contributed by atoms with E-state index in [1.165, 1.54) is 0 Å². The minimum absolute atomic E-state index is 0.0389. The predicted octanol–water partition coefficient (Wildman–Crippen LogP) is 5.90. The van der Waals surface area contributed by atoms with Crippen LogP contribution in [0, 0.1) is 13.8 Å². The van der Waals surface area contributed by atoms with E-state index in [0.29, 0.717) is 17.8 Å². The molecular formula is C28H47N5O4Si2. The van der Waals surface area contributed by atoms with E-state index in [9.17, 15) is 5.11 Å².